The number of rotatable bonds is 8. The van der Waals surface area contributed by atoms with Gasteiger partial charge in [0.2, 0.25) is 17.7 Å². The van der Waals surface area contributed by atoms with E-state index in [-0.39, 0.29) is 35.5 Å². The van der Waals surface area contributed by atoms with Crippen molar-refractivity contribution < 1.29 is 19.2 Å². The van der Waals surface area contributed by atoms with E-state index in [1.807, 2.05) is 13.8 Å². The molecule has 0 aromatic rings. The van der Waals surface area contributed by atoms with Crippen LogP contribution in [0, 0.1) is 11.8 Å². The maximum absolute atomic E-state index is 12.6. The van der Waals surface area contributed by atoms with Gasteiger partial charge in [0.15, 0.2) is 0 Å². The van der Waals surface area contributed by atoms with Crippen LogP contribution in [0.1, 0.15) is 40.0 Å². The third kappa shape index (κ3) is 5.17. The molecule has 0 unspecified atom stereocenters. The lowest BCUT2D eigenvalue weighted by molar-refractivity contribution is -0.140. The van der Waals surface area contributed by atoms with Crippen molar-refractivity contribution in [1.29, 1.82) is 0 Å². The second-order valence-electron chi connectivity index (χ2n) is 7.37. The van der Waals surface area contributed by atoms with Crippen LogP contribution in [-0.4, -0.2) is 60.2 Å². The molecule has 3 atom stereocenters. The van der Waals surface area contributed by atoms with Gasteiger partial charge in [0.1, 0.15) is 12.1 Å². The summed E-state index contributed by atoms with van der Waals surface area (Å²) in [6.45, 7) is 6.79. The average molecular weight is 367 g/mol. The first kappa shape index (κ1) is 20.2. The van der Waals surface area contributed by atoms with Crippen LogP contribution in [0.15, 0.2) is 0 Å². The van der Waals surface area contributed by atoms with Crippen LogP contribution in [0.25, 0.3) is 0 Å². The van der Waals surface area contributed by atoms with Gasteiger partial charge in [0.25, 0.3) is 5.91 Å². The highest BCUT2D eigenvalue weighted by Crippen LogP contribution is 2.20. The fraction of sp³-hybridized carbons (Fsp3) is 0.765. The molecule has 2 saturated heterocycles. The Hall–Kier alpha value is -2.16. The number of hydrazine groups is 1. The highest BCUT2D eigenvalue weighted by Gasteiger charge is 2.39. The van der Waals surface area contributed by atoms with Crippen LogP contribution in [0.3, 0.4) is 0 Å². The Balaban J connectivity index is 1.93. The number of carbonyl (C=O) groups is 4. The first-order valence-corrected chi connectivity index (χ1v) is 9.17. The van der Waals surface area contributed by atoms with Gasteiger partial charge >= 0.3 is 0 Å². The molecular formula is C17H29N5O4. The fourth-order valence-electron chi connectivity index (χ4n) is 3.40. The Morgan fingerprint density at radius 2 is 2.00 bits per heavy atom. The number of hydrogen-bond acceptors (Lipinski definition) is 5. The quantitative estimate of drug-likeness (QED) is 0.406. The van der Waals surface area contributed by atoms with E-state index in [2.05, 4.69) is 21.5 Å². The van der Waals surface area contributed by atoms with Gasteiger partial charge in [0, 0.05) is 26.6 Å². The zero-order valence-corrected chi connectivity index (χ0v) is 15.6. The lowest BCUT2D eigenvalue weighted by Crippen LogP contribution is -2.54. The smallest absolute Gasteiger partial charge is 0.256 e. The normalized spacial score (nSPS) is 23.9. The van der Waals surface area contributed by atoms with Crippen molar-refractivity contribution in [3.63, 3.8) is 0 Å². The van der Waals surface area contributed by atoms with Gasteiger partial charge in [-0.05, 0) is 25.2 Å². The first-order chi connectivity index (χ1) is 12.3. The second-order valence-corrected chi connectivity index (χ2v) is 7.37. The minimum atomic E-state index is -0.605. The van der Waals surface area contributed by atoms with E-state index in [0.717, 1.165) is 6.42 Å². The van der Waals surface area contributed by atoms with Gasteiger partial charge in [-0.3, -0.25) is 24.6 Å². The lowest BCUT2D eigenvalue weighted by atomic mass is 10.0. The average Bonchev–Trinajstić information content (AvgIpc) is 3.11. The minimum Gasteiger partial charge on any atom is -0.356 e. The first-order valence-electron chi connectivity index (χ1n) is 9.17. The maximum Gasteiger partial charge on any atom is 0.256 e. The Bertz CT molecular complexity index is 565. The van der Waals surface area contributed by atoms with Gasteiger partial charge in [-0.25, -0.2) is 5.43 Å². The molecule has 0 aromatic carbocycles. The van der Waals surface area contributed by atoms with Crippen LogP contribution < -0.4 is 21.5 Å². The fourth-order valence-corrected chi connectivity index (χ4v) is 3.40. The Labute approximate surface area is 153 Å². The number of amides is 4. The van der Waals surface area contributed by atoms with Crippen LogP contribution in [-0.2, 0) is 19.2 Å². The molecule has 0 saturated carbocycles. The zero-order chi connectivity index (χ0) is 19.3. The van der Waals surface area contributed by atoms with Crippen molar-refractivity contribution in [2.24, 2.45) is 11.8 Å². The SMILES string of the molecule is CC(=O)N[C@H]1CCN([C@@H](CC(C)C)C(=O)NNC[C@@H]2CCNC2=O)C1=O. The standard InChI is InChI=1S/C17H29N5O4/c1-10(2)8-14(22-7-5-13(17(22)26)20-11(3)23)16(25)21-19-9-12-4-6-18-15(12)24/h10,12-14,19H,4-9H2,1-3H3,(H,18,24)(H,20,23)(H,21,25)/t12-,13-,14-/m0/s1. The molecule has 26 heavy (non-hydrogen) atoms. The van der Waals surface area contributed by atoms with E-state index in [4.69, 9.17) is 0 Å². The van der Waals surface area contributed by atoms with Crippen molar-refractivity contribution in [3.8, 4) is 0 Å². The molecule has 2 fully saturated rings. The van der Waals surface area contributed by atoms with E-state index in [9.17, 15) is 19.2 Å². The zero-order valence-electron chi connectivity index (χ0n) is 15.6. The molecule has 0 radical (unpaired) electrons. The van der Waals surface area contributed by atoms with Gasteiger partial charge in [0.05, 0.1) is 5.92 Å². The molecule has 0 aromatic heterocycles. The number of carbonyl (C=O) groups excluding carboxylic acids is 4. The lowest BCUT2D eigenvalue weighted by Gasteiger charge is -2.28. The summed E-state index contributed by atoms with van der Waals surface area (Å²) < 4.78 is 0. The topological polar surface area (TPSA) is 120 Å². The molecule has 4 N–H and O–H groups in total. The van der Waals surface area contributed by atoms with Gasteiger partial charge in [-0.15, -0.1) is 0 Å². The molecule has 9 nitrogen and oxygen atoms in total. The highest BCUT2D eigenvalue weighted by molar-refractivity contribution is 5.93. The van der Waals surface area contributed by atoms with E-state index >= 15 is 0 Å². The molecule has 2 rings (SSSR count). The highest BCUT2D eigenvalue weighted by atomic mass is 16.2. The van der Waals surface area contributed by atoms with E-state index in [1.54, 1.807) is 4.90 Å². The summed E-state index contributed by atoms with van der Waals surface area (Å²) in [5, 5.41) is 5.38. The minimum absolute atomic E-state index is 0.0154. The summed E-state index contributed by atoms with van der Waals surface area (Å²) >= 11 is 0. The van der Waals surface area contributed by atoms with Crippen molar-refractivity contribution in [3.05, 3.63) is 0 Å². The van der Waals surface area contributed by atoms with Crippen LogP contribution >= 0.6 is 0 Å². The van der Waals surface area contributed by atoms with Crippen LogP contribution in [0.4, 0.5) is 0 Å². The number of likely N-dealkylation sites (tertiary alicyclic amines) is 1. The number of hydrogen-bond donors (Lipinski definition) is 4. The van der Waals surface area contributed by atoms with Crippen molar-refractivity contribution in [2.45, 2.75) is 52.1 Å². The Morgan fingerprint density at radius 3 is 2.58 bits per heavy atom. The third-order valence-electron chi connectivity index (χ3n) is 4.71. The van der Waals surface area contributed by atoms with Crippen molar-refractivity contribution >= 4 is 23.6 Å². The summed E-state index contributed by atoms with van der Waals surface area (Å²) in [4.78, 5) is 49.5. The third-order valence-corrected chi connectivity index (χ3v) is 4.71. The molecule has 0 bridgehead atoms. The molecule has 146 valence electrons. The van der Waals surface area contributed by atoms with Crippen LogP contribution in [0.5, 0.6) is 0 Å². The second kappa shape index (κ2) is 8.98. The Kier molecular flexibility index (Phi) is 6.96. The molecule has 4 amide bonds. The van der Waals surface area contributed by atoms with Crippen LogP contribution in [0.2, 0.25) is 0 Å². The predicted molar refractivity (Wildman–Crippen MR) is 94.4 cm³/mol. The number of nitrogens with zero attached hydrogens (tertiary/aromatic N) is 1. The number of nitrogens with one attached hydrogen (secondary N) is 4. The molecule has 2 aliphatic heterocycles. The van der Waals surface area contributed by atoms with Gasteiger partial charge < -0.3 is 15.5 Å². The molecular weight excluding hydrogens is 338 g/mol. The van der Waals surface area contributed by atoms with E-state index in [1.165, 1.54) is 6.92 Å². The van der Waals surface area contributed by atoms with Crippen molar-refractivity contribution in [1.82, 2.24) is 26.4 Å². The molecule has 2 heterocycles. The largest absolute Gasteiger partial charge is 0.356 e. The summed E-state index contributed by atoms with van der Waals surface area (Å²) in [6.07, 6.45) is 1.76. The predicted octanol–water partition coefficient (Wildman–Crippen LogP) is -1.10. The van der Waals surface area contributed by atoms with Gasteiger partial charge in [-0.1, -0.05) is 13.8 Å². The summed E-state index contributed by atoms with van der Waals surface area (Å²) in [6, 6.07) is -1.17. The molecule has 2 aliphatic rings. The van der Waals surface area contributed by atoms with Crippen molar-refractivity contribution in [2.75, 3.05) is 19.6 Å². The van der Waals surface area contributed by atoms with E-state index in [0.29, 0.717) is 32.5 Å². The van der Waals surface area contributed by atoms with E-state index < -0.39 is 12.1 Å². The molecule has 9 heteroatoms. The molecule has 0 spiro atoms. The Morgan fingerprint density at radius 1 is 1.27 bits per heavy atom. The summed E-state index contributed by atoms with van der Waals surface area (Å²) in [7, 11) is 0. The maximum atomic E-state index is 12.6. The molecule has 0 aliphatic carbocycles. The summed E-state index contributed by atoms with van der Waals surface area (Å²) in [5.74, 6) is -0.731. The summed E-state index contributed by atoms with van der Waals surface area (Å²) in [5.41, 5.74) is 5.46. The van der Waals surface area contributed by atoms with Gasteiger partial charge in [-0.2, -0.15) is 0 Å². The monoisotopic (exact) mass is 367 g/mol.